The summed E-state index contributed by atoms with van der Waals surface area (Å²) in [5, 5.41) is 1.18. The first-order chi connectivity index (χ1) is 16.5. The zero-order valence-corrected chi connectivity index (χ0v) is 22.3. The predicted octanol–water partition coefficient (Wildman–Crippen LogP) is 9.27. The summed E-state index contributed by atoms with van der Waals surface area (Å²) in [4.78, 5) is 12.2. The van der Waals surface area contributed by atoms with Crippen molar-refractivity contribution in [2.45, 2.75) is 73.3 Å². The van der Waals surface area contributed by atoms with Gasteiger partial charge >= 0.3 is 5.97 Å². The molecule has 3 nitrogen and oxygen atoms in total. The van der Waals surface area contributed by atoms with Crippen LogP contribution in [-0.2, 0) is 11.3 Å². The molecule has 0 saturated carbocycles. The van der Waals surface area contributed by atoms with E-state index in [2.05, 4.69) is 69.7 Å². The number of esters is 1. The van der Waals surface area contributed by atoms with Crippen LogP contribution in [0.5, 0.6) is 0 Å². The Morgan fingerprint density at radius 1 is 1.03 bits per heavy atom. The molecule has 3 heteroatoms. The lowest BCUT2D eigenvalue weighted by atomic mass is 9.88. The molecule has 0 N–H and O–H groups in total. The van der Waals surface area contributed by atoms with Crippen molar-refractivity contribution in [2.24, 2.45) is 0 Å². The number of fused-ring (bicyclic) bond motifs is 1. The van der Waals surface area contributed by atoms with Crippen LogP contribution in [0.15, 0.2) is 61.7 Å². The number of nitrogens with zero attached hydrogens (tertiary/aromatic N) is 1. The molecular weight excluding hydrogens is 418 g/mol. The largest absolute Gasteiger partial charge is 0.465 e. The van der Waals surface area contributed by atoms with E-state index in [9.17, 15) is 4.79 Å². The maximum absolute atomic E-state index is 12.2. The van der Waals surface area contributed by atoms with Crippen molar-refractivity contribution in [2.75, 3.05) is 7.11 Å². The van der Waals surface area contributed by atoms with E-state index in [1.54, 1.807) is 0 Å². The van der Waals surface area contributed by atoms with Crippen LogP contribution in [0, 0.1) is 0 Å². The van der Waals surface area contributed by atoms with Gasteiger partial charge in [-0.2, -0.15) is 0 Å². The Morgan fingerprint density at radius 3 is 2.18 bits per heavy atom. The predicted molar refractivity (Wildman–Crippen MR) is 150 cm³/mol. The van der Waals surface area contributed by atoms with E-state index in [1.165, 1.54) is 30.2 Å². The fourth-order valence-electron chi connectivity index (χ4n) is 4.23. The number of rotatable bonds is 8. The first-order valence-corrected chi connectivity index (χ1v) is 12.6. The van der Waals surface area contributed by atoms with Gasteiger partial charge < -0.3 is 9.30 Å². The molecule has 0 aliphatic carbocycles. The van der Waals surface area contributed by atoms with Gasteiger partial charge in [-0.15, -0.1) is 6.58 Å². The molecule has 0 amide bonds. The summed E-state index contributed by atoms with van der Waals surface area (Å²) in [6.45, 7) is 21.4. The van der Waals surface area contributed by atoms with Gasteiger partial charge in [0.25, 0.3) is 0 Å². The number of allylic oxidation sites excluding steroid dienone is 1. The molecule has 1 heterocycles. The minimum atomic E-state index is -0.324. The highest BCUT2D eigenvalue weighted by Crippen LogP contribution is 2.42. The highest BCUT2D eigenvalue weighted by Gasteiger charge is 2.24. The summed E-state index contributed by atoms with van der Waals surface area (Å²) in [6.07, 6.45) is 7.15. The Morgan fingerprint density at radius 2 is 1.65 bits per heavy atom. The van der Waals surface area contributed by atoms with Gasteiger partial charge in [-0.3, -0.25) is 0 Å². The molecule has 34 heavy (non-hydrogen) atoms. The summed E-state index contributed by atoms with van der Waals surface area (Å²) in [6, 6.07) is 14.2. The average Bonchev–Trinajstić information content (AvgIpc) is 3.19. The first-order valence-electron chi connectivity index (χ1n) is 12.6. The van der Waals surface area contributed by atoms with Crippen molar-refractivity contribution in [3.63, 3.8) is 0 Å². The normalized spacial score (nSPS) is 10.1. The third-order valence-corrected chi connectivity index (χ3v) is 5.67. The molecule has 0 bridgehead atoms. The minimum Gasteiger partial charge on any atom is -0.465 e. The van der Waals surface area contributed by atoms with Gasteiger partial charge in [-0.25, -0.2) is 4.79 Å². The minimum absolute atomic E-state index is 0.324. The molecule has 0 spiro atoms. The van der Waals surface area contributed by atoms with Crippen LogP contribution in [0.25, 0.3) is 28.2 Å². The molecule has 0 saturated heterocycles. The highest BCUT2D eigenvalue weighted by atomic mass is 16.5. The second-order valence-corrected chi connectivity index (χ2v) is 7.90. The zero-order chi connectivity index (χ0) is 25.7. The van der Waals surface area contributed by atoms with Crippen LogP contribution >= 0.6 is 0 Å². The SMILES string of the molecule is C=CCn1c(-c2ccccc2C=C)c(C(CC)CC)c2ccc(C(=O)OC)cc21.CC.CCC. The number of methoxy groups -OCH3 is 1. The fraction of sp³-hybridized carbons (Fsp3) is 0.387. The summed E-state index contributed by atoms with van der Waals surface area (Å²) >= 11 is 0. The number of hydrogen-bond donors (Lipinski definition) is 0. The molecule has 184 valence electrons. The Hall–Kier alpha value is -3.07. The summed E-state index contributed by atoms with van der Waals surface area (Å²) in [5.74, 6) is 0.0933. The molecule has 0 radical (unpaired) electrons. The molecule has 0 fully saturated rings. The number of hydrogen-bond acceptors (Lipinski definition) is 2. The third kappa shape index (κ3) is 6.28. The number of aromatic nitrogens is 1. The third-order valence-electron chi connectivity index (χ3n) is 5.67. The highest BCUT2D eigenvalue weighted by molar-refractivity contribution is 5.99. The fourth-order valence-corrected chi connectivity index (χ4v) is 4.23. The van der Waals surface area contributed by atoms with E-state index < -0.39 is 0 Å². The van der Waals surface area contributed by atoms with Gasteiger partial charge in [-0.1, -0.05) is 97.0 Å². The molecule has 0 aliphatic heterocycles. The lowest BCUT2D eigenvalue weighted by Gasteiger charge is -2.18. The van der Waals surface area contributed by atoms with Crippen LogP contribution in [0.1, 0.15) is 88.2 Å². The second-order valence-electron chi connectivity index (χ2n) is 7.90. The summed E-state index contributed by atoms with van der Waals surface area (Å²) in [5.41, 5.74) is 6.36. The smallest absolute Gasteiger partial charge is 0.337 e. The molecule has 0 unspecified atom stereocenters. The first kappa shape index (κ1) is 29.0. The maximum atomic E-state index is 12.2. The van der Waals surface area contributed by atoms with Gasteiger partial charge in [0.15, 0.2) is 0 Å². The summed E-state index contributed by atoms with van der Waals surface area (Å²) in [7, 11) is 1.41. The molecular formula is C31H43NO2. The van der Waals surface area contributed by atoms with Crippen molar-refractivity contribution in [1.29, 1.82) is 0 Å². The molecule has 0 aliphatic rings. The maximum Gasteiger partial charge on any atom is 0.337 e. The molecule has 0 atom stereocenters. The number of carbonyl (C=O) groups excluding carboxylic acids is 1. The van der Waals surface area contributed by atoms with Crippen molar-refractivity contribution in [3.05, 3.63) is 78.4 Å². The lowest BCUT2D eigenvalue weighted by molar-refractivity contribution is 0.0601. The zero-order valence-electron chi connectivity index (χ0n) is 22.3. The Bertz CT molecular complexity index is 1070. The van der Waals surface area contributed by atoms with Gasteiger partial charge in [0.2, 0.25) is 0 Å². The molecule has 2 aromatic carbocycles. The van der Waals surface area contributed by atoms with E-state index in [-0.39, 0.29) is 5.97 Å². The van der Waals surface area contributed by atoms with E-state index >= 15 is 0 Å². The van der Waals surface area contributed by atoms with Gasteiger partial charge in [0.05, 0.1) is 18.4 Å². The lowest BCUT2D eigenvalue weighted by Crippen LogP contribution is -2.04. The Balaban J connectivity index is 0.00000107. The Kier molecular flexibility index (Phi) is 12.7. The molecule has 3 rings (SSSR count). The van der Waals surface area contributed by atoms with Gasteiger partial charge in [0, 0.05) is 23.0 Å². The molecule has 1 aromatic heterocycles. The van der Waals surface area contributed by atoms with E-state index in [0.717, 1.165) is 29.5 Å². The van der Waals surface area contributed by atoms with Crippen LogP contribution in [-0.4, -0.2) is 17.6 Å². The van der Waals surface area contributed by atoms with Crippen molar-refractivity contribution < 1.29 is 9.53 Å². The van der Waals surface area contributed by atoms with Crippen molar-refractivity contribution in [3.8, 4) is 11.3 Å². The number of ether oxygens (including phenoxy) is 1. The van der Waals surface area contributed by atoms with E-state index in [4.69, 9.17) is 4.74 Å². The topological polar surface area (TPSA) is 31.2 Å². The van der Waals surface area contributed by atoms with Crippen molar-refractivity contribution >= 4 is 22.9 Å². The molecule has 3 aromatic rings. The Labute approximate surface area is 207 Å². The van der Waals surface area contributed by atoms with E-state index in [0.29, 0.717) is 18.0 Å². The van der Waals surface area contributed by atoms with Gasteiger partial charge in [-0.05, 0) is 42.0 Å². The van der Waals surface area contributed by atoms with Gasteiger partial charge in [0.1, 0.15) is 0 Å². The number of carbonyl (C=O) groups is 1. The van der Waals surface area contributed by atoms with Crippen molar-refractivity contribution in [1.82, 2.24) is 4.57 Å². The van der Waals surface area contributed by atoms with Crippen LogP contribution in [0.4, 0.5) is 0 Å². The standard InChI is InChI=1S/C26H29NO2.C3H8.C2H6/c1-6-16-27-23-17-20(26(28)29-5)14-15-22(23)24(18(7-2)8-3)25(27)21-13-11-10-12-19(21)9-4;1-3-2;1-2/h6,9-15,17-18H,1,4,7-8,16H2,2-3,5H3;3H2,1-2H3;1-2H3. The quantitative estimate of drug-likeness (QED) is 0.247. The summed E-state index contributed by atoms with van der Waals surface area (Å²) < 4.78 is 7.22. The van der Waals surface area contributed by atoms with Crippen LogP contribution in [0.2, 0.25) is 0 Å². The second kappa shape index (κ2) is 15.0. The van der Waals surface area contributed by atoms with Crippen LogP contribution in [0.3, 0.4) is 0 Å². The monoisotopic (exact) mass is 461 g/mol. The average molecular weight is 462 g/mol. The number of benzene rings is 2. The van der Waals surface area contributed by atoms with E-state index in [1.807, 2.05) is 44.2 Å². The van der Waals surface area contributed by atoms with Crippen LogP contribution < -0.4 is 0 Å².